The van der Waals surface area contributed by atoms with Crippen molar-refractivity contribution in [3.8, 4) is 5.82 Å². The molecule has 3 heterocycles. The minimum atomic E-state index is 0.217. The van der Waals surface area contributed by atoms with Gasteiger partial charge in [-0.3, -0.25) is 0 Å². The number of imidazole rings is 1. The first-order valence-corrected chi connectivity index (χ1v) is 4.69. The van der Waals surface area contributed by atoms with Crippen molar-refractivity contribution in [1.82, 2.24) is 29.3 Å². The fourth-order valence-corrected chi connectivity index (χ4v) is 1.59. The highest BCUT2D eigenvalue weighted by Gasteiger charge is 2.09. The number of fused-ring (bicyclic) bond motifs is 1. The molecule has 80 valence electrons. The molecule has 0 spiro atoms. The average molecular weight is 215 g/mol. The number of rotatable bonds is 1. The minimum Gasteiger partial charge on any atom is -0.366 e. The van der Waals surface area contributed by atoms with Crippen LogP contribution in [-0.4, -0.2) is 29.3 Å². The highest BCUT2D eigenvalue weighted by Crippen LogP contribution is 2.16. The molecule has 16 heavy (non-hydrogen) atoms. The van der Waals surface area contributed by atoms with Crippen LogP contribution in [0.25, 0.3) is 16.9 Å². The molecule has 3 rings (SSSR count). The molecule has 7 nitrogen and oxygen atoms in total. The van der Waals surface area contributed by atoms with Crippen LogP contribution in [0.2, 0.25) is 0 Å². The Kier molecular flexibility index (Phi) is 1.67. The average Bonchev–Trinajstić information content (AvgIpc) is 2.86. The minimum absolute atomic E-state index is 0.217. The van der Waals surface area contributed by atoms with Crippen molar-refractivity contribution in [2.75, 3.05) is 5.73 Å². The molecule has 0 aliphatic heterocycles. The lowest BCUT2D eigenvalue weighted by Crippen LogP contribution is -2.00. The topological polar surface area (TPSA) is 87.4 Å². The van der Waals surface area contributed by atoms with E-state index in [0.717, 1.165) is 11.0 Å². The number of nitrogens with two attached hydrogens (primary N) is 1. The third-order valence-corrected chi connectivity index (χ3v) is 2.35. The van der Waals surface area contributed by atoms with E-state index in [-0.39, 0.29) is 5.95 Å². The number of nitrogen functional groups attached to an aromatic ring is 1. The van der Waals surface area contributed by atoms with Crippen molar-refractivity contribution in [1.29, 1.82) is 0 Å². The van der Waals surface area contributed by atoms with Gasteiger partial charge >= 0.3 is 0 Å². The summed E-state index contributed by atoms with van der Waals surface area (Å²) in [6.07, 6.45) is 4.96. The second-order valence-electron chi connectivity index (χ2n) is 3.41. The molecule has 0 aliphatic rings. The Morgan fingerprint density at radius 1 is 1.19 bits per heavy atom. The highest BCUT2D eigenvalue weighted by atomic mass is 15.4. The summed E-state index contributed by atoms with van der Waals surface area (Å²) in [6.45, 7) is 0. The Labute approximate surface area is 90.6 Å². The van der Waals surface area contributed by atoms with E-state index >= 15 is 0 Å². The molecule has 7 heteroatoms. The first kappa shape index (κ1) is 8.84. The fraction of sp³-hybridized carbons (Fsp3) is 0.111. The molecule has 3 aromatic rings. The van der Waals surface area contributed by atoms with E-state index in [1.165, 1.54) is 11.0 Å². The van der Waals surface area contributed by atoms with Crippen LogP contribution in [0.15, 0.2) is 24.9 Å². The Bertz CT molecular complexity index is 651. The number of pyridine rings is 1. The summed E-state index contributed by atoms with van der Waals surface area (Å²) in [5, 5.41) is 4.01. The Morgan fingerprint density at radius 3 is 2.81 bits per heavy atom. The zero-order valence-electron chi connectivity index (χ0n) is 8.57. The summed E-state index contributed by atoms with van der Waals surface area (Å²) in [7, 11) is 1.93. The number of anilines is 1. The molecular weight excluding hydrogens is 206 g/mol. The van der Waals surface area contributed by atoms with Gasteiger partial charge in [0.25, 0.3) is 0 Å². The Balaban J connectivity index is 2.31. The van der Waals surface area contributed by atoms with E-state index in [0.29, 0.717) is 5.82 Å². The first-order valence-electron chi connectivity index (χ1n) is 4.69. The quantitative estimate of drug-likeness (QED) is 0.623. The molecule has 0 aliphatic carbocycles. The van der Waals surface area contributed by atoms with Crippen LogP contribution < -0.4 is 5.73 Å². The van der Waals surface area contributed by atoms with Crippen LogP contribution in [0.4, 0.5) is 5.95 Å². The van der Waals surface area contributed by atoms with Crippen molar-refractivity contribution < 1.29 is 0 Å². The van der Waals surface area contributed by atoms with Crippen molar-refractivity contribution >= 4 is 17.0 Å². The lowest BCUT2D eigenvalue weighted by molar-refractivity contribution is 0.855. The van der Waals surface area contributed by atoms with Gasteiger partial charge < -0.3 is 10.3 Å². The predicted octanol–water partition coefficient (Wildman–Crippen LogP) is 0.131. The summed E-state index contributed by atoms with van der Waals surface area (Å²) >= 11 is 0. The maximum Gasteiger partial charge on any atom is 0.239 e. The van der Waals surface area contributed by atoms with Crippen LogP contribution in [0.5, 0.6) is 0 Å². The zero-order valence-corrected chi connectivity index (χ0v) is 8.57. The molecule has 0 aromatic carbocycles. The summed E-state index contributed by atoms with van der Waals surface area (Å²) in [4.78, 5) is 12.4. The second-order valence-corrected chi connectivity index (χ2v) is 3.41. The summed E-state index contributed by atoms with van der Waals surface area (Å²) in [6, 6.07) is 1.89. The van der Waals surface area contributed by atoms with Gasteiger partial charge in [-0.05, 0) is 6.07 Å². The molecule has 0 saturated heterocycles. The van der Waals surface area contributed by atoms with Crippen LogP contribution in [-0.2, 0) is 7.05 Å². The van der Waals surface area contributed by atoms with E-state index in [2.05, 4.69) is 20.1 Å². The second kappa shape index (κ2) is 3.02. The van der Waals surface area contributed by atoms with Gasteiger partial charge in [0.2, 0.25) is 5.95 Å². The molecular formula is C9H9N7. The molecule has 0 atom stereocenters. The first-order chi connectivity index (χ1) is 7.75. The smallest absolute Gasteiger partial charge is 0.239 e. The molecule has 0 fully saturated rings. The van der Waals surface area contributed by atoms with Gasteiger partial charge in [0.15, 0.2) is 5.82 Å². The number of aromatic nitrogens is 6. The zero-order chi connectivity index (χ0) is 11.1. The van der Waals surface area contributed by atoms with Crippen LogP contribution in [0.3, 0.4) is 0 Å². The van der Waals surface area contributed by atoms with E-state index in [1.807, 2.05) is 17.7 Å². The summed E-state index contributed by atoms with van der Waals surface area (Å²) in [5.41, 5.74) is 7.23. The van der Waals surface area contributed by atoms with E-state index in [9.17, 15) is 0 Å². The highest BCUT2D eigenvalue weighted by molar-refractivity contribution is 5.81. The number of aryl methyl sites for hydroxylation is 1. The standard InChI is InChI=1S/C9H9N7/c1-15-4-12-7-6(15)2-3-11-8(7)16-5-13-9(10)14-16/h2-5H,1H3,(H2,10,14). The van der Waals surface area contributed by atoms with Gasteiger partial charge in [0.1, 0.15) is 11.8 Å². The van der Waals surface area contributed by atoms with Crippen molar-refractivity contribution in [2.24, 2.45) is 7.05 Å². The number of hydrogen-bond acceptors (Lipinski definition) is 5. The lowest BCUT2D eigenvalue weighted by Gasteiger charge is -2.00. The van der Waals surface area contributed by atoms with Crippen molar-refractivity contribution in [3.63, 3.8) is 0 Å². The van der Waals surface area contributed by atoms with Gasteiger partial charge in [-0.1, -0.05) is 0 Å². The van der Waals surface area contributed by atoms with Gasteiger partial charge in [0.05, 0.1) is 11.8 Å². The van der Waals surface area contributed by atoms with Gasteiger partial charge in [-0.15, -0.1) is 5.10 Å². The van der Waals surface area contributed by atoms with Gasteiger partial charge in [-0.2, -0.15) is 4.68 Å². The van der Waals surface area contributed by atoms with Crippen molar-refractivity contribution in [2.45, 2.75) is 0 Å². The monoisotopic (exact) mass is 215 g/mol. The van der Waals surface area contributed by atoms with E-state index in [4.69, 9.17) is 5.73 Å². The van der Waals surface area contributed by atoms with E-state index in [1.54, 1.807) is 12.5 Å². The van der Waals surface area contributed by atoms with Gasteiger partial charge in [-0.25, -0.2) is 15.0 Å². The molecule has 0 saturated carbocycles. The molecule has 0 radical (unpaired) electrons. The largest absolute Gasteiger partial charge is 0.366 e. The van der Waals surface area contributed by atoms with Crippen LogP contribution >= 0.6 is 0 Å². The normalized spacial score (nSPS) is 11.1. The maximum absolute atomic E-state index is 5.47. The maximum atomic E-state index is 5.47. The number of hydrogen-bond donors (Lipinski definition) is 1. The molecule has 0 bridgehead atoms. The Morgan fingerprint density at radius 2 is 2.06 bits per heavy atom. The third kappa shape index (κ3) is 1.14. The molecule has 2 N–H and O–H groups in total. The SMILES string of the molecule is Cn1cnc2c(-n3cnc(N)n3)nccc21. The lowest BCUT2D eigenvalue weighted by atomic mass is 10.4. The molecule has 3 aromatic heterocycles. The van der Waals surface area contributed by atoms with Gasteiger partial charge in [0, 0.05) is 13.2 Å². The fourth-order valence-electron chi connectivity index (χ4n) is 1.59. The number of nitrogens with zero attached hydrogens (tertiary/aromatic N) is 6. The molecule has 0 unspecified atom stereocenters. The third-order valence-electron chi connectivity index (χ3n) is 2.35. The van der Waals surface area contributed by atoms with Crippen LogP contribution in [0, 0.1) is 0 Å². The summed E-state index contributed by atoms with van der Waals surface area (Å²) < 4.78 is 3.44. The Hall–Kier alpha value is -2.44. The van der Waals surface area contributed by atoms with E-state index < -0.39 is 0 Å². The predicted molar refractivity (Wildman–Crippen MR) is 57.8 cm³/mol. The van der Waals surface area contributed by atoms with Crippen LogP contribution in [0.1, 0.15) is 0 Å². The summed E-state index contributed by atoms with van der Waals surface area (Å²) in [5.74, 6) is 0.844. The molecule has 0 amide bonds. The van der Waals surface area contributed by atoms with Crippen molar-refractivity contribution in [3.05, 3.63) is 24.9 Å².